The number of benzene rings is 1. The number of fused-ring (bicyclic) bond motifs is 1. The van der Waals surface area contributed by atoms with Gasteiger partial charge in [-0.25, -0.2) is 4.99 Å². The van der Waals surface area contributed by atoms with Crippen molar-refractivity contribution in [1.29, 1.82) is 0 Å². The van der Waals surface area contributed by atoms with Crippen LogP contribution in [-0.4, -0.2) is 33.8 Å². The number of carboxylic acids is 1. The fraction of sp³-hybridized carbons (Fsp3) is 0.333. The van der Waals surface area contributed by atoms with E-state index in [-0.39, 0.29) is 25.3 Å². The predicted molar refractivity (Wildman–Crippen MR) is 61.8 cm³/mol. The molecule has 0 aliphatic carbocycles. The number of hydrogen-bond acceptors (Lipinski definition) is 3. The summed E-state index contributed by atoms with van der Waals surface area (Å²) in [6, 6.07) is 6.99. The molecule has 5 nitrogen and oxygen atoms in total. The van der Waals surface area contributed by atoms with Crippen LogP contribution in [0.5, 0.6) is 0 Å². The second-order valence-electron chi connectivity index (χ2n) is 4.08. The van der Waals surface area contributed by atoms with Crippen LogP contribution in [0.1, 0.15) is 18.4 Å². The van der Waals surface area contributed by atoms with Crippen molar-refractivity contribution in [2.24, 2.45) is 4.99 Å². The molecular formula is C12H13NO4. The molecule has 0 saturated carbocycles. The molecule has 0 amide bonds. The van der Waals surface area contributed by atoms with Gasteiger partial charge >= 0.3 is 5.97 Å². The molecule has 1 unspecified atom stereocenters. The van der Waals surface area contributed by atoms with Crippen molar-refractivity contribution < 1.29 is 20.1 Å². The van der Waals surface area contributed by atoms with Crippen molar-refractivity contribution in [3.05, 3.63) is 29.8 Å². The lowest BCUT2D eigenvalue weighted by Gasteiger charge is -2.26. The van der Waals surface area contributed by atoms with E-state index >= 15 is 0 Å². The zero-order valence-electron chi connectivity index (χ0n) is 9.13. The normalized spacial score (nSPS) is 22.1. The van der Waals surface area contributed by atoms with Crippen molar-refractivity contribution in [2.45, 2.75) is 18.3 Å². The average Bonchev–Trinajstić information content (AvgIpc) is 2.53. The van der Waals surface area contributed by atoms with Crippen molar-refractivity contribution in [2.75, 3.05) is 6.61 Å². The number of rotatable bonds is 4. The highest BCUT2D eigenvalue weighted by Gasteiger charge is 2.45. The lowest BCUT2D eigenvalue weighted by Crippen LogP contribution is -2.36. The van der Waals surface area contributed by atoms with Gasteiger partial charge in [0, 0.05) is 6.61 Å². The number of aliphatic imine (C=N–C) groups is 1. The van der Waals surface area contributed by atoms with Gasteiger partial charge in [-0.05, 0) is 18.1 Å². The number of carboxylic acid groups (broad SMARTS) is 1. The maximum atomic E-state index is 10.9. The number of aliphatic carboxylic acids is 1. The first kappa shape index (κ1) is 11.6. The Morgan fingerprint density at radius 3 is 2.71 bits per heavy atom. The van der Waals surface area contributed by atoms with Crippen LogP contribution in [0.3, 0.4) is 0 Å². The lowest BCUT2D eigenvalue weighted by molar-refractivity contribution is -0.138. The highest BCUT2D eigenvalue weighted by atomic mass is 16.4. The summed E-state index contributed by atoms with van der Waals surface area (Å²) in [4.78, 5) is 14.9. The van der Waals surface area contributed by atoms with Crippen LogP contribution in [0.25, 0.3) is 0 Å². The number of carbonyl (C=O) groups is 1. The van der Waals surface area contributed by atoms with E-state index in [1.807, 2.05) is 0 Å². The molecule has 0 aromatic heterocycles. The quantitative estimate of drug-likeness (QED) is 0.735. The Hall–Kier alpha value is -1.88. The monoisotopic (exact) mass is 235 g/mol. The first-order valence-corrected chi connectivity index (χ1v) is 5.30. The summed E-state index contributed by atoms with van der Waals surface area (Å²) in [7, 11) is 0. The van der Waals surface area contributed by atoms with E-state index < -0.39 is 11.4 Å². The molecule has 1 aliphatic rings. The van der Waals surface area contributed by atoms with Gasteiger partial charge in [0.05, 0.1) is 17.5 Å². The van der Waals surface area contributed by atoms with E-state index in [9.17, 15) is 9.90 Å². The summed E-state index contributed by atoms with van der Waals surface area (Å²) in [5.74, 6) is -1.26. The number of nitrogens with zero attached hydrogens (tertiary/aromatic N) is 1. The second-order valence-corrected chi connectivity index (χ2v) is 4.08. The van der Waals surface area contributed by atoms with Crippen molar-refractivity contribution in [3.8, 4) is 0 Å². The molecule has 1 aromatic carbocycles. The maximum absolute atomic E-state index is 10.9. The highest BCUT2D eigenvalue weighted by molar-refractivity contribution is 5.97. The Morgan fingerprint density at radius 2 is 2.06 bits per heavy atom. The Bertz CT molecular complexity index is 483. The van der Waals surface area contributed by atoms with E-state index in [0.29, 0.717) is 11.3 Å². The standard InChI is InChI=1S/C12H13NO4/c14-6-5-12(7-10(15)16)8-3-1-2-4-9(8)13-11(12)17/h1-4,14H,5-7H2,(H,13,17)(H,15,16). The van der Waals surface area contributed by atoms with Crippen molar-refractivity contribution in [3.63, 3.8) is 0 Å². The molecular weight excluding hydrogens is 222 g/mol. The maximum Gasteiger partial charge on any atom is 0.304 e. The molecule has 0 fully saturated rings. The lowest BCUT2D eigenvalue weighted by atomic mass is 9.76. The fourth-order valence-electron chi connectivity index (χ4n) is 2.28. The minimum absolute atomic E-state index is 0.144. The van der Waals surface area contributed by atoms with E-state index in [1.54, 1.807) is 24.3 Å². The molecule has 3 N–H and O–H groups in total. The number of para-hydroxylation sites is 1. The van der Waals surface area contributed by atoms with Crippen molar-refractivity contribution >= 4 is 17.6 Å². The molecule has 0 bridgehead atoms. The van der Waals surface area contributed by atoms with Crippen LogP contribution >= 0.6 is 0 Å². The first-order valence-electron chi connectivity index (χ1n) is 5.30. The molecule has 17 heavy (non-hydrogen) atoms. The molecule has 1 aliphatic heterocycles. The van der Waals surface area contributed by atoms with E-state index in [4.69, 9.17) is 10.2 Å². The fourth-order valence-corrected chi connectivity index (χ4v) is 2.28. The van der Waals surface area contributed by atoms with E-state index in [1.165, 1.54) is 0 Å². The van der Waals surface area contributed by atoms with Gasteiger partial charge in [-0.3, -0.25) is 4.79 Å². The molecule has 90 valence electrons. The molecule has 2 rings (SSSR count). The highest BCUT2D eigenvalue weighted by Crippen LogP contribution is 2.43. The predicted octanol–water partition coefficient (Wildman–Crippen LogP) is 1.38. The van der Waals surface area contributed by atoms with Gasteiger partial charge in [0.25, 0.3) is 0 Å². The molecule has 0 radical (unpaired) electrons. The Balaban J connectivity index is 2.52. The third kappa shape index (κ3) is 1.78. The van der Waals surface area contributed by atoms with Gasteiger partial charge in [-0.2, -0.15) is 0 Å². The largest absolute Gasteiger partial charge is 0.496 e. The van der Waals surface area contributed by atoms with Crippen molar-refractivity contribution in [1.82, 2.24) is 0 Å². The summed E-state index contributed by atoms with van der Waals surface area (Å²) in [5, 5.41) is 28.0. The van der Waals surface area contributed by atoms with Gasteiger partial charge in [0.15, 0.2) is 5.90 Å². The molecule has 1 atom stereocenters. The Morgan fingerprint density at radius 1 is 1.35 bits per heavy atom. The van der Waals surface area contributed by atoms with Crippen LogP contribution in [0.2, 0.25) is 0 Å². The van der Waals surface area contributed by atoms with Gasteiger partial charge in [-0.1, -0.05) is 18.2 Å². The zero-order valence-corrected chi connectivity index (χ0v) is 9.13. The molecule has 0 spiro atoms. The van der Waals surface area contributed by atoms with Crippen LogP contribution in [-0.2, 0) is 10.2 Å². The molecule has 1 heterocycles. The summed E-state index contributed by atoms with van der Waals surface area (Å²) in [6.07, 6.45) is -0.133. The third-order valence-corrected chi connectivity index (χ3v) is 3.07. The number of aliphatic hydroxyl groups is 2. The van der Waals surface area contributed by atoms with Gasteiger partial charge in [0.1, 0.15) is 0 Å². The van der Waals surface area contributed by atoms with Crippen LogP contribution < -0.4 is 0 Å². The summed E-state index contributed by atoms with van der Waals surface area (Å²) in [5.41, 5.74) is 0.144. The minimum Gasteiger partial charge on any atom is -0.496 e. The molecule has 0 saturated heterocycles. The van der Waals surface area contributed by atoms with Crippen LogP contribution in [0, 0.1) is 0 Å². The third-order valence-electron chi connectivity index (χ3n) is 3.07. The Kier molecular flexibility index (Phi) is 2.85. The number of hydrogen-bond donors (Lipinski definition) is 3. The van der Waals surface area contributed by atoms with Crippen LogP contribution in [0.4, 0.5) is 5.69 Å². The van der Waals surface area contributed by atoms with Gasteiger partial charge in [-0.15, -0.1) is 0 Å². The zero-order chi connectivity index (χ0) is 12.5. The van der Waals surface area contributed by atoms with E-state index in [0.717, 1.165) is 0 Å². The number of aliphatic hydroxyl groups excluding tert-OH is 2. The van der Waals surface area contributed by atoms with Crippen LogP contribution in [0.15, 0.2) is 29.3 Å². The smallest absolute Gasteiger partial charge is 0.304 e. The summed E-state index contributed by atoms with van der Waals surface area (Å²) < 4.78 is 0. The molecule has 1 aromatic rings. The summed E-state index contributed by atoms with van der Waals surface area (Å²) >= 11 is 0. The van der Waals surface area contributed by atoms with E-state index in [2.05, 4.69) is 4.99 Å². The first-order chi connectivity index (χ1) is 8.10. The molecule has 5 heteroatoms. The summed E-state index contributed by atoms with van der Waals surface area (Å²) in [6.45, 7) is -0.207. The average molecular weight is 235 g/mol. The second kappa shape index (κ2) is 4.18. The minimum atomic E-state index is -1.09. The topological polar surface area (TPSA) is 90.1 Å². The van der Waals surface area contributed by atoms with Gasteiger partial charge < -0.3 is 15.3 Å². The van der Waals surface area contributed by atoms with Gasteiger partial charge in [0.2, 0.25) is 0 Å². The SMILES string of the molecule is O=C(O)CC1(CCO)C(O)=Nc2ccccc21. The Labute approximate surface area is 98.1 Å².